The fourth-order valence-electron chi connectivity index (χ4n) is 1.50. The van der Waals surface area contributed by atoms with Gasteiger partial charge in [0.15, 0.2) is 0 Å². The van der Waals surface area contributed by atoms with E-state index in [1.54, 1.807) is 0 Å². The Morgan fingerprint density at radius 1 is 1.42 bits per heavy atom. The largest absolute Gasteiger partial charge is 0.492 e. The lowest BCUT2D eigenvalue weighted by atomic mass is 10.3. The third-order valence-corrected chi connectivity index (χ3v) is 3.05. The highest BCUT2D eigenvalue weighted by atomic mass is 79.9. The lowest BCUT2D eigenvalue weighted by molar-refractivity contribution is -0.122. The molecule has 0 aliphatic carbocycles. The lowest BCUT2D eigenvalue weighted by Crippen LogP contribution is -2.43. The van der Waals surface area contributed by atoms with Crippen molar-refractivity contribution in [1.29, 1.82) is 0 Å². The van der Waals surface area contributed by atoms with Crippen LogP contribution in [0.15, 0.2) is 28.7 Å². The summed E-state index contributed by atoms with van der Waals surface area (Å²) in [6, 6.07) is 7.50. The van der Waals surface area contributed by atoms with Crippen molar-refractivity contribution in [2.75, 3.05) is 19.7 Å². The highest BCUT2D eigenvalue weighted by Gasteiger charge is 2.10. The molecule has 0 spiro atoms. The Morgan fingerprint density at radius 3 is 2.89 bits per heavy atom. The Balaban J connectivity index is 2.18. The Hall–Kier alpha value is -1.07. The molecule has 5 heteroatoms. The number of carbonyl (C=O) groups excluding carboxylic acids is 1. The van der Waals surface area contributed by atoms with E-state index in [1.165, 1.54) is 0 Å². The molecule has 1 unspecified atom stereocenters. The van der Waals surface area contributed by atoms with Crippen LogP contribution in [0.3, 0.4) is 0 Å². The Labute approximate surface area is 123 Å². The van der Waals surface area contributed by atoms with Gasteiger partial charge in [0.1, 0.15) is 12.4 Å². The van der Waals surface area contributed by atoms with E-state index < -0.39 is 0 Å². The second-order valence-electron chi connectivity index (χ2n) is 4.27. The summed E-state index contributed by atoms with van der Waals surface area (Å²) >= 11 is 3.39. The smallest absolute Gasteiger partial charge is 0.236 e. The number of ether oxygens (including phenoxy) is 1. The van der Waals surface area contributed by atoms with Gasteiger partial charge in [-0.25, -0.2) is 0 Å². The zero-order valence-electron chi connectivity index (χ0n) is 11.4. The first-order valence-electron chi connectivity index (χ1n) is 6.53. The van der Waals surface area contributed by atoms with Gasteiger partial charge in [-0.3, -0.25) is 4.79 Å². The first-order valence-corrected chi connectivity index (χ1v) is 7.32. The average molecular weight is 329 g/mol. The van der Waals surface area contributed by atoms with Gasteiger partial charge >= 0.3 is 0 Å². The number of nitrogens with one attached hydrogen (secondary N) is 2. The molecule has 0 saturated carbocycles. The molecule has 0 aliphatic heterocycles. The molecule has 4 nitrogen and oxygen atoms in total. The first-order chi connectivity index (χ1) is 9.13. The zero-order chi connectivity index (χ0) is 14.1. The average Bonchev–Trinajstić information content (AvgIpc) is 2.40. The summed E-state index contributed by atoms with van der Waals surface area (Å²) < 4.78 is 6.56. The number of halogens is 1. The molecule has 0 radical (unpaired) electrons. The van der Waals surface area contributed by atoms with Gasteiger partial charge in [0, 0.05) is 17.6 Å². The monoisotopic (exact) mass is 328 g/mol. The molecule has 1 atom stereocenters. The van der Waals surface area contributed by atoms with Gasteiger partial charge in [-0.05, 0) is 31.5 Å². The minimum atomic E-state index is -0.197. The van der Waals surface area contributed by atoms with E-state index in [2.05, 4.69) is 26.6 Å². The standard InChI is InChI=1S/C14H21BrN2O2/c1-3-7-17-14(18)11(2)16-8-9-19-13-6-4-5-12(15)10-13/h4-6,10-11,16H,3,7-9H2,1-2H3,(H,17,18). The van der Waals surface area contributed by atoms with Crippen molar-refractivity contribution >= 4 is 21.8 Å². The molecule has 0 saturated heterocycles. The van der Waals surface area contributed by atoms with Crippen molar-refractivity contribution in [2.45, 2.75) is 26.3 Å². The van der Waals surface area contributed by atoms with Gasteiger partial charge in [-0.2, -0.15) is 0 Å². The molecule has 0 fully saturated rings. The van der Waals surface area contributed by atoms with E-state index in [0.717, 1.165) is 23.2 Å². The summed E-state index contributed by atoms with van der Waals surface area (Å²) in [7, 11) is 0. The molecular weight excluding hydrogens is 308 g/mol. The molecule has 1 amide bonds. The van der Waals surface area contributed by atoms with Crippen molar-refractivity contribution in [3.63, 3.8) is 0 Å². The van der Waals surface area contributed by atoms with E-state index >= 15 is 0 Å². The third-order valence-electron chi connectivity index (χ3n) is 2.56. The predicted octanol–water partition coefficient (Wildman–Crippen LogP) is 2.33. The number of hydrogen-bond donors (Lipinski definition) is 2. The maximum atomic E-state index is 11.6. The number of hydrogen-bond acceptors (Lipinski definition) is 3. The van der Waals surface area contributed by atoms with E-state index in [0.29, 0.717) is 13.2 Å². The predicted molar refractivity (Wildman–Crippen MR) is 80.4 cm³/mol. The minimum Gasteiger partial charge on any atom is -0.492 e. The van der Waals surface area contributed by atoms with Crippen LogP contribution in [-0.2, 0) is 4.79 Å². The Bertz CT molecular complexity index is 399. The summed E-state index contributed by atoms with van der Waals surface area (Å²) in [6.07, 6.45) is 0.949. The summed E-state index contributed by atoms with van der Waals surface area (Å²) in [5.41, 5.74) is 0. The molecule has 0 heterocycles. The fraction of sp³-hybridized carbons (Fsp3) is 0.500. The highest BCUT2D eigenvalue weighted by Crippen LogP contribution is 2.17. The van der Waals surface area contributed by atoms with Crippen LogP contribution in [0.2, 0.25) is 0 Å². The third kappa shape index (κ3) is 6.59. The first kappa shape index (κ1) is 16.0. The normalized spacial score (nSPS) is 11.9. The van der Waals surface area contributed by atoms with E-state index in [4.69, 9.17) is 4.74 Å². The second kappa shape index (κ2) is 8.93. The summed E-state index contributed by atoms with van der Waals surface area (Å²) in [5.74, 6) is 0.851. The fourth-order valence-corrected chi connectivity index (χ4v) is 1.87. The maximum Gasteiger partial charge on any atom is 0.236 e. The molecule has 1 aromatic carbocycles. The molecule has 0 aromatic heterocycles. The van der Waals surface area contributed by atoms with Crippen molar-refractivity contribution < 1.29 is 9.53 Å². The van der Waals surface area contributed by atoms with Crippen LogP contribution in [0.4, 0.5) is 0 Å². The van der Waals surface area contributed by atoms with Gasteiger partial charge in [0.05, 0.1) is 6.04 Å². The maximum absolute atomic E-state index is 11.6. The number of rotatable bonds is 8. The van der Waals surface area contributed by atoms with Gasteiger partial charge in [-0.1, -0.05) is 28.9 Å². The van der Waals surface area contributed by atoms with E-state index in [9.17, 15) is 4.79 Å². The Kier molecular flexibility index (Phi) is 7.52. The highest BCUT2D eigenvalue weighted by molar-refractivity contribution is 9.10. The summed E-state index contributed by atoms with van der Waals surface area (Å²) in [5, 5.41) is 5.98. The minimum absolute atomic E-state index is 0.0318. The number of carbonyl (C=O) groups is 1. The quantitative estimate of drug-likeness (QED) is 0.720. The van der Waals surface area contributed by atoms with Crippen molar-refractivity contribution in [3.05, 3.63) is 28.7 Å². The molecule has 0 aliphatic rings. The van der Waals surface area contributed by atoms with Crippen LogP contribution in [0.25, 0.3) is 0 Å². The van der Waals surface area contributed by atoms with Crippen LogP contribution in [-0.4, -0.2) is 31.6 Å². The van der Waals surface area contributed by atoms with Crippen LogP contribution < -0.4 is 15.4 Å². The lowest BCUT2D eigenvalue weighted by Gasteiger charge is -2.14. The number of benzene rings is 1. The molecule has 2 N–H and O–H groups in total. The molecule has 1 rings (SSSR count). The van der Waals surface area contributed by atoms with Gasteiger partial charge < -0.3 is 15.4 Å². The SMILES string of the molecule is CCCNC(=O)C(C)NCCOc1cccc(Br)c1. The van der Waals surface area contributed by atoms with Crippen LogP contribution >= 0.6 is 15.9 Å². The van der Waals surface area contributed by atoms with Crippen molar-refractivity contribution in [1.82, 2.24) is 10.6 Å². The number of amides is 1. The topological polar surface area (TPSA) is 50.4 Å². The summed E-state index contributed by atoms with van der Waals surface area (Å²) in [6.45, 7) is 5.77. The van der Waals surface area contributed by atoms with Crippen molar-refractivity contribution in [2.24, 2.45) is 0 Å². The van der Waals surface area contributed by atoms with Crippen LogP contribution in [0, 0.1) is 0 Å². The molecular formula is C14H21BrN2O2. The van der Waals surface area contributed by atoms with Crippen LogP contribution in [0.1, 0.15) is 20.3 Å². The molecule has 1 aromatic rings. The van der Waals surface area contributed by atoms with Crippen LogP contribution in [0.5, 0.6) is 5.75 Å². The summed E-state index contributed by atoms with van der Waals surface area (Å²) in [4.78, 5) is 11.6. The molecule has 19 heavy (non-hydrogen) atoms. The van der Waals surface area contributed by atoms with Gasteiger partial charge in [-0.15, -0.1) is 0 Å². The van der Waals surface area contributed by atoms with Gasteiger partial charge in [0.25, 0.3) is 0 Å². The van der Waals surface area contributed by atoms with E-state index in [1.807, 2.05) is 38.1 Å². The molecule has 106 valence electrons. The Morgan fingerprint density at radius 2 is 2.21 bits per heavy atom. The zero-order valence-corrected chi connectivity index (χ0v) is 13.0. The van der Waals surface area contributed by atoms with Crippen molar-refractivity contribution in [3.8, 4) is 5.75 Å². The second-order valence-corrected chi connectivity index (χ2v) is 5.19. The molecule has 0 bridgehead atoms. The van der Waals surface area contributed by atoms with E-state index in [-0.39, 0.29) is 11.9 Å². The van der Waals surface area contributed by atoms with Gasteiger partial charge in [0.2, 0.25) is 5.91 Å².